The zero-order valence-corrected chi connectivity index (χ0v) is 12.1. The number of anilines is 1. The summed E-state index contributed by atoms with van der Waals surface area (Å²) >= 11 is 5.22. The van der Waals surface area contributed by atoms with Gasteiger partial charge in [0, 0.05) is 9.35 Å². The van der Waals surface area contributed by atoms with E-state index in [-0.39, 0.29) is 5.82 Å². The zero-order chi connectivity index (χ0) is 12.5. The largest absolute Gasteiger partial charge is 0.376 e. The average molecular weight is 326 g/mol. The topological polar surface area (TPSA) is 12.0 Å². The smallest absolute Gasteiger partial charge is 0.125 e. The Morgan fingerprint density at radius 3 is 2.83 bits per heavy atom. The highest BCUT2D eigenvalue weighted by Crippen LogP contribution is 2.44. The van der Waals surface area contributed by atoms with Gasteiger partial charge < -0.3 is 5.32 Å². The first-order valence-corrected chi connectivity index (χ1v) is 7.66. The van der Waals surface area contributed by atoms with E-state index in [1.54, 1.807) is 23.5 Å². The molecule has 18 heavy (non-hydrogen) atoms. The van der Waals surface area contributed by atoms with Gasteiger partial charge in [-0.2, -0.15) is 0 Å². The number of hydrogen-bond acceptors (Lipinski definition) is 2. The molecule has 1 fully saturated rings. The molecule has 1 aromatic carbocycles. The number of hydrogen-bond donors (Lipinski definition) is 1. The predicted octanol–water partition coefficient (Wildman–Crippen LogP) is 5.21. The molecule has 0 amide bonds. The van der Waals surface area contributed by atoms with E-state index in [0.717, 1.165) is 10.2 Å². The summed E-state index contributed by atoms with van der Waals surface area (Å²) < 4.78 is 14.2. The van der Waals surface area contributed by atoms with Gasteiger partial charge in [-0.25, -0.2) is 4.39 Å². The van der Waals surface area contributed by atoms with Crippen LogP contribution in [0.3, 0.4) is 0 Å². The lowest BCUT2D eigenvalue weighted by Gasteiger charge is -2.19. The van der Waals surface area contributed by atoms with Crippen LogP contribution in [0.4, 0.5) is 10.1 Å². The summed E-state index contributed by atoms with van der Waals surface area (Å²) in [5.74, 6) is 0.472. The van der Waals surface area contributed by atoms with Crippen molar-refractivity contribution < 1.29 is 4.39 Å². The van der Waals surface area contributed by atoms with Crippen LogP contribution in [0.25, 0.3) is 0 Å². The van der Waals surface area contributed by atoms with Crippen molar-refractivity contribution >= 4 is 33.0 Å². The van der Waals surface area contributed by atoms with Crippen LogP contribution in [0, 0.1) is 11.7 Å². The summed E-state index contributed by atoms with van der Waals surface area (Å²) in [6.45, 7) is 0. The number of rotatable bonds is 4. The molecule has 0 bridgehead atoms. The van der Waals surface area contributed by atoms with E-state index in [9.17, 15) is 4.39 Å². The minimum absolute atomic E-state index is 0.207. The monoisotopic (exact) mass is 325 g/mol. The quantitative estimate of drug-likeness (QED) is 0.813. The van der Waals surface area contributed by atoms with E-state index in [1.165, 1.54) is 23.8 Å². The van der Waals surface area contributed by atoms with Crippen molar-refractivity contribution in [2.24, 2.45) is 5.92 Å². The van der Waals surface area contributed by atoms with Crippen molar-refractivity contribution in [3.05, 3.63) is 50.9 Å². The zero-order valence-electron chi connectivity index (χ0n) is 9.70. The number of nitrogens with one attached hydrogen (secondary N) is 1. The molecule has 4 heteroatoms. The van der Waals surface area contributed by atoms with E-state index < -0.39 is 0 Å². The lowest BCUT2D eigenvalue weighted by molar-refractivity contribution is 0.626. The maximum atomic E-state index is 13.3. The molecule has 0 radical (unpaired) electrons. The summed E-state index contributed by atoms with van der Waals surface area (Å²) in [5, 5.41) is 5.57. The van der Waals surface area contributed by atoms with Crippen LogP contribution < -0.4 is 5.32 Å². The standard InChI is InChI=1S/C14H13BrFNS/c15-11-6-5-10(16)8-12(11)17-14(9-3-4-9)13-2-1-7-18-13/h1-2,5-9,14,17H,3-4H2. The summed E-state index contributed by atoms with van der Waals surface area (Å²) in [6.07, 6.45) is 2.50. The van der Waals surface area contributed by atoms with Gasteiger partial charge in [-0.05, 0) is 64.3 Å². The van der Waals surface area contributed by atoms with E-state index in [1.807, 2.05) is 0 Å². The minimum atomic E-state index is -0.207. The molecular weight excluding hydrogens is 313 g/mol. The second-order valence-corrected chi connectivity index (χ2v) is 6.43. The highest BCUT2D eigenvalue weighted by molar-refractivity contribution is 9.10. The van der Waals surface area contributed by atoms with Crippen LogP contribution in [-0.4, -0.2) is 0 Å². The van der Waals surface area contributed by atoms with E-state index >= 15 is 0 Å². The van der Waals surface area contributed by atoms with Gasteiger partial charge in [0.25, 0.3) is 0 Å². The van der Waals surface area contributed by atoms with Crippen molar-refractivity contribution in [3.8, 4) is 0 Å². The Labute approximate surface area is 118 Å². The first-order valence-electron chi connectivity index (χ1n) is 5.99. The lowest BCUT2D eigenvalue weighted by atomic mass is 10.1. The van der Waals surface area contributed by atoms with Crippen LogP contribution in [0.1, 0.15) is 23.8 Å². The Balaban J connectivity index is 1.86. The minimum Gasteiger partial charge on any atom is -0.376 e. The Kier molecular flexibility index (Phi) is 3.39. The molecule has 0 saturated heterocycles. The molecule has 2 aromatic rings. The van der Waals surface area contributed by atoms with Crippen molar-refractivity contribution in [3.63, 3.8) is 0 Å². The highest BCUT2D eigenvalue weighted by Gasteiger charge is 2.33. The fourth-order valence-electron chi connectivity index (χ4n) is 2.09. The van der Waals surface area contributed by atoms with E-state index in [0.29, 0.717) is 12.0 Å². The molecule has 1 atom stereocenters. The average Bonchev–Trinajstić information content (AvgIpc) is 3.05. The molecule has 1 saturated carbocycles. The third-order valence-corrected chi connectivity index (χ3v) is 4.83. The van der Waals surface area contributed by atoms with Gasteiger partial charge in [0.15, 0.2) is 0 Å². The SMILES string of the molecule is Fc1ccc(Br)c(NC(c2cccs2)C2CC2)c1. The first kappa shape index (κ1) is 12.2. The molecule has 0 aliphatic heterocycles. The summed E-state index contributed by atoms with van der Waals surface area (Å²) in [6, 6.07) is 9.28. The molecule has 94 valence electrons. The van der Waals surface area contributed by atoms with Crippen LogP contribution in [0.5, 0.6) is 0 Å². The van der Waals surface area contributed by atoms with Gasteiger partial charge in [-0.3, -0.25) is 0 Å². The van der Waals surface area contributed by atoms with E-state index in [2.05, 4.69) is 38.8 Å². The number of thiophene rings is 1. The summed E-state index contributed by atoms with van der Waals surface area (Å²) in [4.78, 5) is 1.33. The van der Waals surface area contributed by atoms with Gasteiger partial charge in [0.05, 0.1) is 11.7 Å². The van der Waals surface area contributed by atoms with Gasteiger partial charge in [0.1, 0.15) is 5.82 Å². The summed E-state index contributed by atoms with van der Waals surface area (Å²) in [7, 11) is 0. The van der Waals surface area contributed by atoms with E-state index in [4.69, 9.17) is 0 Å². The second kappa shape index (κ2) is 5.02. The van der Waals surface area contributed by atoms with Gasteiger partial charge in [-0.1, -0.05) is 6.07 Å². The summed E-state index contributed by atoms with van der Waals surface area (Å²) in [5.41, 5.74) is 0.834. The molecule has 1 aromatic heterocycles. The molecule has 1 aliphatic carbocycles. The first-order chi connectivity index (χ1) is 8.74. The van der Waals surface area contributed by atoms with Crippen molar-refractivity contribution in [2.75, 3.05) is 5.32 Å². The third kappa shape index (κ3) is 2.59. The molecule has 1 N–H and O–H groups in total. The maximum absolute atomic E-state index is 13.3. The molecular formula is C14H13BrFNS. The molecule has 3 rings (SSSR count). The fraction of sp³-hybridized carbons (Fsp3) is 0.286. The van der Waals surface area contributed by atoms with Crippen molar-refractivity contribution in [1.29, 1.82) is 0 Å². The van der Waals surface area contributed by atoms with Crippen LogP contribution in [-0.2, 0) is 0 Å². The molecule has 1 aliphatic rings. The molecule has 1 unspecified atom stereocenters. The third-order valence-electron chi connectivity index (χ3n) is 3.18. The Bertz CT molecular complexity index is 537. The number of benzene rings is 1. The van der Waals surface area contributed by atoms with Crippen LogP contribution in [0.2, 0.25) is 0 Å². The molecule has 1 nitrogen and oxygen atoms in total. The van der Waals surface area contributed by atoms with Gasteiger partial charge >= 0.3 is 0 Å². The highest BCUT2D eigenvalue weighted by atomic mass is 79.9. The van der Waals surface area contributed by atoms with Crippen molar-refractivity contribution in [1.82, 2.24) is 0 Å². The van der Waals surface area contributed by atoms with Gasteiger partial charge in [0.2, 0.25) is 0 Å². The van der Waals surface area contributed by atoms with Crippen LogP contribution >= 0.6 is 27.3 Å². The lowest BCUT2D eigenvalue weighted by Crippen LogP contribution is -2.12. The Morgan fingerprint density at radius 2 is 2.17 bits per heavy atom. The normalized spacial score (nSPS) is 16.6. The molecule has 0 spiro atoms. The maximum Gasteiger partial charge on any atom is 0.125 e. The fourth-order valence-corrected chi connectivity index (χ4v) is 3.33. The van der Waals surface area contributed by atoms with Gasteiger partial charge in [-0.15, -0.1) is 11.3 Å². The number of halogens is 2. The van der Waals surface area contributed by atoms with Crippen LogP contribution in [0.15, 0.2) is 40.2 Å². The van der Waals surface area contributed by atoms with Crippen molar-refractivity contribution in [2.45, 2.75) is 18.9 Å². The molecule has 1 heterocycles. The predicted molar refractivity (Wildman–Crippen MR) is 77.5 cm³/mol. The Morgan fingerprint density at radius 1 is 1.33 bits per heavy atom. The second-order valence-electron chi connectivity index (χ2n) is 4.60. The Hall–Kier alpha value is -0.870.